The van der Waals surface area contributed by atoms with Crippen molar-refractivity contribution in [3.05, 3.63) is 24.0 Å². The van der Waals surface area contributed by atoms with Crippen LogP contribution in [0.4, 0.5) is 5.69 Å². The minimum absolute atomic E-state index is 0.315. The van der Waals surface area contributed by atoms with Gasteiger partial charge in [0.2, 0.25) is 0 Å². The van der Waals surface area contributed by atoms with Gasteiger partial charge >= 0.3 is 5.97 Å². The number of nitrogens with zero attached hydrogens (tertiary/aromatic N) is 4. The Labute approximate surface area is 124 Å². The summed E-state index contributed by atoms with van der Waals surface area (Å²) in [6.07, 6.45) is 1.62. The standard InChI is InChI=1S/C15H20N4O2/c1-15(2,11-16)19-8-6-18(7-9-19)12-4-5-17-13(10-12)14(20)21-3/h4-5,10H,6-9H2,1-3H3. The summed E-state index contributed by atoms with van der Waals surface area (Å²) in [4.78, 5) is 19.9. The minimum Gasteiger partial charge on any atom is -0.464 e. The zero-order valence-electron chi connectivity index (χ0n) is 12.7. The van der Waals surface area contributed by atoms with Gasteiger partial charge in [-0.15, -0.1) is 0 Å². The molecule has 1 aliphatic heterocycles. The number of hydrogen-bond acceptors (Lipinski definition) is 6. The number of anilines is 1. The first-order valence-corrected chi connectivity index (χ1v) is 6.93. The summed E-state index contributed by atoms with van der Waals surface area (Å²) in [5.74, 6) is -0.430. The number of piperazine rings is 1. The van der Waals surface area contributed by atoms with Gasteiger partial charge in [0.25, 0.3) is 0 Å². The molecule has 21 heavy (non-hydrogen) atoms. The van der Waals surface area contributed by atoms with Crippen LogP contribution in [0.5, 0.6) is 0 Å². The molecule has 6 nitrogen and oxygen atoms in total. The number of aromatic nitrogens is 1. The Hall–Kier alpha value is -2.13. The lowest BCUT2D eigenvalue weighted by Crippen LogP contribution is -2.54. The van der Waals surface area contributed by atoms with Crippen LogP contribution in [0.25, 0.3) is 0 Å². The quantitative estimate of drug-likeness (QED) is 0.781. The van der Waals surface area contributed by atoms with Crippen molar-refractivity contribution in [3.63, 3.8) is 0 Å². The van der Waals surface area contributed by atoms with Crippen molar-refractivity contribution < 1.29 is 9.53 Å². The average molecular weight is 288 g/mol. The maximum absolute atomic E-state index is 11.5. The van der Waals surface area contributed by atoms with Gasteiger partial charge in [0.1, 0.15) is 11.2 Å². The second kappa shape index (κ2) is 6.10. The summed E-state index contributed by atoms with van der Waals surface area (Å²) in [6.45, 7) is 7.13. The van der Waals surface area contributed by atoms with Gasteiger partial charge in [0, 0.05) is 38.1 Å². The van der Waals surface area contributed by atoms with Gasteiger partial charge in [0.05, 0.1) is 13.2 Å². The van der Waals surface area contributed by atoms with Crippen molar-refractivity contribution in [2.24, 2.45) is 0 Å². The molecule has 6 heteroatoms. The Morgan fingerprint density at radius 1 is 1.38 bits per heavy atom. The second-order valence-corrected chi connectivity index (χ2v) is 5.54. The molecule has 0 spiro atoms. The number of methoxy groups -OCH3 is 1. The summed E-state index contributed by atoms with van der Waals surface area (Å²) in [5, 5.41) is 9.19. The molecule has 0 radical (unpaired) electrons. The van der Waals surface area contributed by atoms with Crippen LogP contribution < -0.4 is 4.90 Å². The number of hydrogen-bond donors (Lipinski definition) is 0. The minimum atomic E-state index is -0.443. The Morgan fingerprint density at radius 3 is 2.62 bits per heavy atom. The van der Waals surface area contributed by atoms with E-state index in [1.807, 2.05) is 19.9 Å². The maximum atomic E-state index is 11.5. The van der Waals surface area contributed by atoms with E-state index < -0.39 is 11.5 Å². The molecule has 0 bridgehead atoms. The summed E-state index contributed by atoms with van der Waals surface area (Å²) in [6, 6.07) is 5.97. The third kappa shape index (κ3) is 3.31. The van der Waals surface area contributed by atoms with Gasteiger partial charge in [-0.25, -0.2) is 9.78 Å². The predicted molar refractivity (Wildman–Crippen MR) is 79.1 cm³/mol. The van der Waals surface area contributed by atoms with E-state index in [9.17, 15) is 10.1 Å². The number of nitriles is 1. The number of rotatable bonds is 3. The molecular formula is C15H20N4O2. The van der Waals surface area contributed by atoms with Gasteiger partial charge in [-0.3, -0.25) is 4.90 Å². The molecule has 0 atom stereocenters. The topological polar surface area (TPSA) is 69.5 Å². The molecule has 1 aromatic rings. The highest BCUT2D eigenvalue weighted by Crippen LogP contribution is 2.21. The molecule has 1 fully saturated rings. The number of esters is 1. The highest BCUT2D eigenvalue weighted by molar-refractivity contribution is 5.88. The van der Waals surface area contributed by atoms with Crippen molar-refractivity contribution in [2.45, 2.75) is 19.4 Å². The van der Waals surface area contributed by atoms with Gasteiger partial charge in [-0.05, 0) is 26.0 Å². The fraction of sp³-hybridized carbons (Fsp3) is 0.533. The van der Waals surface area contributed by atoms with E-state index in [1.165, 1.54) is 7.11 Å². The molecule has 1 aromatic heterocycles. The maximum Gasteiger partial charge on any atom is 0.356 e. The largest absolute Gasteiger partial charge is 0.464 e. The van der Waals surface area contributed by atoms with Crippen molar-refractivity contribution >= 4 is 11.7 Å². The molecule has 2 heterocycles. The van der Waals surface area contributed by atoms with Crippen LogP contribution in [0.2, 0.25) is 0 Å². The lowest BCUT2D eigenvalue weighted by Gasteiger charge is -2.41. The zero-order valence-corrected chi connectivity index (χ0v) is 12.7. The normalized spacial score (nSPS) is 16.4. The summed E-state index contributed by atoms with van der Waals surface area (Å²) in [7, 11) is 1.35. The summed E-state index contributed by atoms with van der Waals surface area (Å²) < 4.78 is 4.69. The molecule has 0 N–H and O–H groups in total. The lowest BCUT2D eigenvalue weighted by atomic mass is 10.0. The van der Waals surface area contributed by atoms with E-state index in [2.05, 4.69) is 20.9 Å². The fourth-order valence-corrected chi connectivity index (χ4v) is 2.43. The van der Waals surface area contributed by atoms with Crippen molar-refractivity contribution in [3.8, 4) is 6.07 Å². The molecule has 1 saturated heterocycles. The van der Waals surface area contributed by atoms with E-state index >= 15 is 0 Å². The monoisotopic (exact) mass is 288 g/mol. The molecule has 0 unspecified atom stereocenters. The van der Waals surface area contributed by atoms with Gasteiger partial charge < -0.3 is 9.64 Å². The van der Waals surface area contributed by atoms with E-state index in [0.29, 0.717) is 5.69 Å². The Bertz CT molecular complexity index is 557. The molecule has 0 aromatic carbocycles. The fourth-order valence-electron chi connectivity index (χ4n) is 2.43. The van der Waals surface area contributed by atoms with Crippen LogP contribution >= 0.6 is 0 Å². The highest BCUT2D eigenvalue weighted by atomic mass is 16.5. The zero-order chi connectivity index (χ0) is 15.5. The van der Waals surface area contributed by atoms with Crippen LogP contribution in [0, 0.1) is 11.3 Å². The van der Waals surface area contributed by atoms with Crippen LogP contribution in [0.3, 0.4) is 0 Å². The smallest absolute Gasteiger partial charge is 0.356 e. The van der Waals surface area contributed by atoms with Gasteiger partial charge in [0.15, 0.2) is 0 Å². The number of ether oxygens (including phenoxy) is 1. The van der Waals surface area contributed by atoms with Gasteiger partial charge in [-0.2, -0.15) is 5.26 Å². The van der Waals surface area contributed by atoms with Crippen molar-refractivity contribution in [1.82, 2.24) is 9.88 Å². The highest BCUT2D eigenvalue weighted by Gasteiger charge is 2.29. The first-order chi connectivity index (χ1) is 9.97. The number of carbonyl (C=O) groups is 1. The van der Waals surface area contributed by atoms with E-state index in [4.69, 9.17) is 4.74 Å². The predicted octanol–water partition coefficient (Wildman–Crippen LogP) is 1.29. The van der Waals surface area contributed by atoms with E-state index in [0.717, 1.165) is 31.9 Å². The van der Waals surface area contributed by atoms with Crippen molar-refractivity contribution in [1.29, 1.82) is 5.26 Å². The molecule has 0 saturated carbocycles. The number of carbonyl (C=O) groups excluding carboxylic acids is 1. The van der Waals surface area contributed by atoms with Crippen LogP contribution in [0.1, 0.15) is 24.3 Å². The van der Waals surface area contributed by atoms with Crippen LogP contribution in [-0.4, -0.2) is 54.7 Å². The molecule has 0 amide bonds. The molecule has 0 aliphatic carbocycles. The van der Waals surface area contributed by atoms with E-state index in [1.54, 1.807) is 12.3 Å². The number of pyridine rings is 1. The lowest BCUT2D eigenvalue weighted by molar-refractivity contribution is 0.0594. The van der Waals surface area contributed by atoms with Crippen LogP contribution in [0.15, 0.2) is 18.3 Å². The van der Waals surface area contributed by atoms with Crippen LogP contribution in [-0.2, 0) is 4.74 Å². The second-order valence-electron chi connectivity index (χ2n) is 5.54. The van der Waals surface area contributed by atoms with Gasteiger partial charge in [-0.1, -0.05) is 0 Å². The van der Waals surface area contributed by atoms with Crippen molar-refractivity contribution in [2.75, 3.05) is 38.2 Å². The molecule has 1 aliphatic rings. The Morgan fingerprint density at radius 2 is 2.05 bits per heavy atom. The third-order valence-corrected chi connectivity index (χ3v) is 3.85. The van der Waals surface area contributed by atoms with E-state index in [-0.39, 0.29) is 0 Å². The first kappa shape index (κ1) is 15.3. The molecule has 112 valence electrons. The first-order valence-electron chi connectivity index (χ1n) is 6.93. The average Bonchev–Trinajstić information content (AvgIpc) is 2.54. The Balaban J connectivity index is 2.06. The summed E-state index contributed by atoms with van der Waals surface area (Å²) in [5.41, 5.74) is 0.830. The third-order valence-electron chi connectivity index (χ3n) is 3.85. The summed E-state index contributed by atoms with van der Waals surface area (Å²) >= 11 is 0. The Kier molecular flexibility index (Phi) is 4.43. The SMILES string of the molecule is COC(=O)c1cc(N2CCN(C(C)(C)C#N)CC2)ccn1. The molecule has 2 rings (SSSR count). The molecular weight excluding hydrogens is 268 g/mol.